The Morgan fingerprint density at radius 3 is 3.06 bits per heavy atom. The summed E-state index contributed by atoms with van der Waals surface area (Å²) in [6, 6.07) is 3.77. The number of nitrogens with zero attached hydrogens (tertiary/aromatic N) is 2. The predicted molar refractivity (Wildman–Crippen MR) is 66.3 cm³/mol. The lowest BCUT2D eigenvalue weighted by atomic mass is 10.0. The molecule has 1 amide bonds. The third-order valence-electron chi connectivity index (χ3n) is 2.73. The molecule has 1 saturated heterocycles. The monoisotopic (exact) mass is 298 g/mol. The minimum absolute atomic E-state index is 0.0202. The lowest BCUT2D eigenvalue weighted by molar-refractivity contribution is 0.0671. The van der Waals surface area contributed by atoms with Crippen molar-refractivity contribution in [2.75, 3.05) is 6.54 Å². The van der Waals surface area contributed by atoms with E-state index in [0.29, 0.717) is 12.1 Å². The van der Waals surface area contributed by atoms with Gasteiger partial charge in [-0.3, -0.25) is 4.79 Å². The molecule has 0 bridgehead atoms. The molecule has 3 nitrogen and oxygen atoms in total. The second kappa shape index (κ2) is 4.98. The van der Waals surface area contributed by atoms with Gasteiger partial charge in [-0.2, -0.15) is 5.26 Å². The van der Waals surface area contributed by atoms with Gasteiger partial charge in [0.15, 0.2) is 0 Å². The highest BCUT2D eigenvalue weighted by Crippen LogP contribution is 2.24. The van der Waals surface area contributed by atoms with Gasteiger partial charge in [-0.15, -0.1) is 11.3 Å². The first-order chi connectivity index (χ1) is 7.72. The van der Waals surface area contributed by atoms with E-state index in [9.17, 15) is 4.79 Å². The normalized spacial score (nSPS) is 20.5. The van der Waals surface area contributed by atoms with Crippen molar-refractivity contribution < 1.29 is 4.79 Å². The maximum atomic E-state index is 12.1. The standard InChI is InChI=1S/C11H11BrN2OS/c12-10-5-8(7-16-10)11(15)14-4-2-1-3-9(14)6-13/h5,7,9H,1-4H2. The van der Waals surface area contributed by atoms with Crippen molar-refractivity contribution in [3.63, 3.8) is 0 Å². The minimum atomic E-state index is -0.250. The summed E-state index contributed by atoms with van der Waals surface area (Å²) in [5, 5.41) is 10.8. The fourth-order valence-electron chi connectivity index (χ4n) is 1.90. The zero-order valence-electron chi connectivity index (χ0n) is 8.65. The molecule has 5 heteroatoms. The molecule has 1 atom stereocenters. The van der Waals surface area contributed by atoms with Crippen molar-refractivity contribution in [3.8, 4) is 6.07 Å². The molecule has 0 aliphatic carbocycles. The van der Waals surface area contributed by atoms with Crippen molar-refractivity contribution >= 4 is 33.2 Å². The lowest BCUT2D eigenvalue weighted by Gasteiger charge is -2.31. The maximum absolute atomic E-state index is 12.1. The van der Waals surface area contributed by atoms with E-state index in [1.54, 1.807) is 4.90 Å². The molecule has 84 valence electrons. The van der Waals surface area contributed by atoms with Gasteiger partial charge >= 0.3 is 0 Å². The Bertz CT molecular complexity index is 437. The quantitative estimate of drug-likeness (QED) is 0.800. The van der Waals surface area contributed by atoms with Gasteiger partial charge in [0.05, 0.1) is 15.4 Å². The molecule has 0 radical (unpaired) electrons. The van der Waals surface area contributed by atoms with Crippen LogP contribution in [0, 0.1) is 11.3 Å². The van der Waals surface area contributed by atoms with E-state index in [1.165, 1.54) is 11.3 Å². The van der Waals surface area contributed by atoms with Gasteiger partial charge in [-0.05, 0) is 41.3 Å². The van der Waals surface area contributed by atoms with Crippen LogP contribution in [0.3, 0.4) is 0 Å². The number of hydrogen-bond donors (Lipinski definition) is 0. The SMILES string of the molecule is N#CC1CCCCN1C(=O)c1csc(Br)c1. The van der Waals surface area contributed by atoms with Crippen molar-refractivity contribution in [3.05, 3.63) is 20.8 Å². The molecule has 1 aromatic heterocycles. The number of likely N-dealkylation sites (tertiary alicyclic amines) is 1. The number of hydrogen-bond acceptors (Lipinski definition) is 3. The molecular formula is C11H11BrN2OS. The number of carbonyl (C=O) groups excluding carboxylic acids is 1. The van der Waals surface area contributed by atoms with Gasteiger partial charge in [0.25, 0.3) is 5.91 Å². The van der Waals surface area contributed by atoms with Crippen LogP contribution in [-0.2, 0) is 0 Å². The van der Waals surface area contributed by atoms with Crippen LogP contribution in [0.1, 0.15) is 29.6 Å². The molecular weight excluding hydrogens is 288 g/mol. The predicted octanol–water partition coefficient (Wildman–Crippen LogP) is 3.03. The van der Waals surface area contributed by atoms with Gasteiger partial charge in [0.2, 0.25) is 0 Å². The van der Waals surface area contributed by atoms with Gasteiger partial charge in [0.1, 0.15) is 6.04 Å². The van der Waals surface area contributed by atoms with E-state index in [-0.39, 0.29) is 11.9 Å². The van der Waals surface area contributed by atoms with Crippen molar-refractivity contribution in [1.29, 1.82) is 5.26 Å². The average Bonchev–Trinajstić information content (AvgIpc) is 2.75. The molecule has 2 rings (SSSR count). The maximum Gasteiger partial charge on any atom is 0.255 e. The zero-order valence-corrected chi connectivity index (χ0v) is 11.1. The fourth-order valence-corrected chi connectivity index (χ4v) is 3.03. The Labute approximate surface area is 107 Å². The van der Waals surface area contributed by atoms with E-state index in [0.717, 1.165) is 23.0 Å². The Morgan fingerprint density at radius 1 is 1.62 bits per heavy atom. The molecule has 0 spiro atoms. The summed E-state index contributed by atoms with van der Waals surface area (Å²) in [7, 11) is 0. The Kier molecular flexibility index (Phi) is 3.62. The highest BCUT2D eigenvalue weighted by Gasteiger charge is 2.27. The van der Waals surface area contributed by atoms with Crippen molar-refractivity contribution in [2.45, 2.75) is 25.3 Å². The highest BCUT2D eigenvalue weighted by molar-refractivity contribution is 9.11. The summed E-state index contributed by atoms with van der Waals surface area (Å²) in [6.07, 6.45) is 2.83. The number of nitriles is 1. The third-order valence-corrected chi connectivity index (χ3v) is 4.23. The van der Waals surface area contributed by atoms with E-state index >= 15 is 0 Å². The smallest absolute Gasteiger partial charge is 0.255 e. The number of rotatable bonds is 1. The van der Waals surface area contributed by atoms with Crippen LogP contribution in [0.25, 0.3) is 0 Å². The van der Waals surface area contributed by atoms with Crippen LogP contribution in [0.15, 0.2) is 15.2 Å². The summed E-state index contributed by atoms with van der Waals surface area (Å²) in [5.41, 5.74) is 0.680. The molecule has 2 heterocycles. The first-order valence-corrected chi connectivity index (χ1v) is 6.84. The van der Waals surface area contributed by atoms with E-state index < -0.39 is 0 Å². The summed E-state index contributed by atoms with van der Waals surface area (Å²) in [5.74, 6) is -0.0202. The molecule has 16 heavy (non-hydrogen) atoms. The van der Waals surface area contributed by atoms with Gasteiger partial charge in [0, 0.05) is 11.9 Å². The molecule has 1 fully saturated rings. The third kappa shape index (κ3) is 2.28. The van der Waals surface area contributed by atoms with Crippen LogP contribution in [0.5, 0.6) is 0 Å². The molecule has 0 aromatic carbocycles. The van der Waals surface area contributed by atoms with Crippen molar-refractivity contribution in [2.24, 2.45) is 0 Å². The second-order valence-electron chi connectivity index (χ2n) is 3.78. The largest absolute Gasteiger partial charge is 0.323 e. The van der Waals surface area contributed by atoms with E-state index in [2.05, 4.69) is 22.0 Å². The molecule has 0 saturated carbocycles. The van der Waals surface area contributed by atoms with E-state index in [4.69, 9.17) is 5.26 Å². The first kappa shape index (κ1) is 11.6. The number of carbonyl (C=O) groups is 1. The Balaban J connectivity index is 2.17. The minimum Gasteiger partial charge on any atom is -0.323 e. The average molecular weight is 299 g/mol. The molecule has 1 aliphatic heterocycles. The first-order valence-electron chi connectivity index (χ1n) is 5.17. The van der Waals surface area contributed by atoms with Crippen LogP contribution in [0.2, 0.25) is 0 Å². The summed E-state index contributed by atoms with van der Waals surface area (Å²) >= 11 is 4.83. The summed E-state index contributed by atoms with van der Waals surface area (Å²) in [6.45, 7) is 0.699. The van der Waals surface area contributed by atoms with Crippen LogP contribution >= 0.6 is 27.3 Å². The zero-order chi connectivity index (χ0) is 11.5. The van der Waals surface area contributed by atoms with E-state index in [1.807, 2.05) is 11.4 Å². The van der Waals surface area contributed by atoms with Crippen molar-refractivity contribution in [1.82, 2.24) is 4.90 Å². The number of amides is 1. The van der Waals surface area contributed by atoms with Gasteiger partial charge < -0.3 is 4.90 Å². The number of piperidine rings is 1. The second-order valence-corrected chi connectivity index (χ2v) is 6.07. The fraction of sp³-hybridized carbons (Fsp3) is 0.455. The van der Waals surface area contributed by atoms with Crippen LogP contribution in [0.4, 0.5) is 0 Å². The molecule has 1 unspecified atom stereocenters. The van der Waals surface area contributed by atoms with Crippen LogP contribution < -0.4 is 0 Å². The van der Waals surface area contributed by atoms with Gasteiger partial charge in [-0.1, -0.05) is 0 Å². The highest BCUT2D eigenvalue weighted by atomic mass is 79.9. The topological polar surface area (TPSA) is 44.1 Å². The summed E-state index contributed by atoms with van der Waals surface area (Å²) in [4.78, 5) is 13.8. The molecule has 1 aliphatic rings. The molecule has 0 N–H and O–H groups in total. The Morgan fingerprint density at radius 2 is 2.44 bits per heavy atom. The van der Waals surface area contributed by atoms with Crippen LogP contribution in [-0.4, -0.2) is 23.4 Å². The Hall–Kier alpha value is -0.860. The van der Waals surface area contributed by atoms with Gasteiger partial charge in [-0.25, -0.2) is 0 Å². The summed E-state index contributed by atoms with van der Waals surface area (Å²) < 4.78 is 0.946. The molecule has 1 aromatic rings. The number of halogens is 1. The number of thiophene rings is 1. The lowest BCUT2D eigenvalue weighted by Crippen LogP contribution is -2.42.